The zero-order valence-corrected chi connectivity index (χ0v) is 11.9. The second kappa shape index (κ2) is 4.84. The molecule has 4 rings (SSSR count). The van der Waals surface area contributed by atoms with Crippen LogP contribution in [0.1, 0.15) is 37.4 Å². The lowest BCUT2D eigenvalue weighted by Crippen LogP contribution is -2.46. The summed E-state index contributed by atoms with van der Waals surface area (Å²) < 4.78 is 0. The van der Waals surface area contributed by atoms with E-state index in [1.165, 1.54) is 0 Å². The molecule has 112 valence electrons. The van der Waals surface area contributed by atoms with Gasteiger partial charge in [-0.1, -0.05) is 0 Å². The molecule has 1 amide bonds. The van der Waals surface area contributed by atoms with Crippen LogP contribution in [0.15, 0.2) is 6.07 Å². The third kappa shape index (κ3) is 2.21. The number of piperidine rings is 1. The number of nitrogens with two attached hydrogens (primary N) is 1. The van der Waals surface area contributed by atoms with Crippen LogP contribution in [-0.4, -0.2) is 35.0 Å². The Hall–Kier alpha value is -1.89. The lowest BCUT2D eigenvalue weighted by Gasteiger charge is -2.37. The van der Waals surface area contributed by atoms with Gasteiger partial charge in [0, 0.05) is 25.1 Å². The fourth-order valence-electron chi connectivity index (χ4n) is 3.43. The minimum Gasteiger partial charge on any atom is -0.354 e. The molecule has 1 aromatic rings. The van der Waals surface area contributed by atoms with Gasteiger partial charge in [-0.2, -0.15) is 0 Å². The normalized spacial score (nSPS) is 28.2. The maximum Gasteiger partial charge on any atom is 0.225 e. The summed E-state index contributed by atoms with van der Waals surface area (Å²) >= 11 is 0. The van der Waals surface area contributed by atoms with Crippen LogP contribution in [0.5, 0.6) is 0 Å². The van der Waals surface area contributed by atoms with Gasteiger partial charge in [-0.15, -0.1) is 0 Å². The lowest BCUT2D eigenvalue weighted by atomic mass is 9.91. The molecule has 2 aliphatic heterocycles. The summed E-state index contributed by atoms with van der Waals surface area (Å²) in [7, 11) is 0. The summed E-state index contributed by atoms with van der Waals surface area (Å²) in [6, 6.07) is 2.09. The van der Waals surface area contributed by atoms with E-state index in [0.717, 1.165) is 43.9 Å². The second-order valence-corrected chi connectivity index (χ2v) is 6.14. The van der Waals surface area contributed by atoms with Gasteiger partial charge in [-0.05, 0) is 25.7 Å². The van der Waals surface area contributed by atoms with Gasteiger partial charge in [-0.3, -0.25) is 4.79 Å². The van der Waals surface area contributed by atoms with Crippen molar-refractivity contribution >= 4 is 17.5 Å². The zero-order valence-electron chi connectivity index (χ0n) is 11.9. The molecule has 3 heterocycles. The van der Waals surface area contributed by atoms with Crippen LogP contribution >= 0.6 is 0 Å². The molecule has 7 nitrogen and oxygen atoms in total. The first kappa shape index (κ1) is 12.8. The van der Waals surface area contributed by atoms with E-state index in [9.17, 15) is 4.79 Å². The van der Waals surface area contributed by atoms with Gasteiger partial charge >= 0.3 is 0 Å². The number of hydrazine groups is 1. The summed E-state index contributed by atoms with van der Waals surface area (Å²) in [6.45, 7) is 1.64. The number of hydrogen-bond acceptors (Lipinski definition) is 6. The predicted molar refractivity (Wildman–Crippen MR) is 78.7 cm³/mol. The van der Waals surface area contributed by atoms with Crippen LogP contribution in [-0.2, 0) is 4.79 Å². The van der Waals surface area contributed by atoms with Crippen LogP contribution < -0.4 is 21.5 Å². The first-order valence-corrected chi connectivity index (χ1v) is 7.66. The molecule has 2 unspecified atom stereocenters. The zero-order chi connectivity index (χ0) is 14.4. The number of nitrogen functional groups attached to an aromatic ring is 1. The molecule has 3 aliphatic rings. The number of aromatic nitrogens is 2. The Morgan fingerprint density at radius 1 is 1.33 bits per heavy atom. The van der Waals surface area contributed by atoms with E-state index in [4.69, 9.17) is 10.8 Å². The molecule has 0 aromatic carbocycles. The number of rotatable bonds is 3. The van der Waals surface area contributed by atoms with Gasteiger partial charge in [-0.25, -0.2) is 15.8 Å². The Labute approximate surface area is 123 Å². The standard InChI is InChI=1S/C14H20N6O/c15-19-11-6-12(18-13(17-11)8-3-4-8)20-5-1-2-9-10(20)7-16-14(9)21/h6,8-10H,1-5,7,15H2,(H,16,21)(H,17,18,19). The lowest BCUT2D eigenvalue weighted by molar-refractivity contribution is -0.122. The van der Waals surface area contributed by atoms with Gasteiger partial charge in [0.2, 0.25) is 5.91 Å². The molecule has 21 heavy (non-hydrogen) atoms. The molecular formula is C14H20N6O. The Morgan fingerprint density at radius 2 is 2.19 bits per heavy atom. The predicted octanol–water partition coefficient (Wildman–Crippen LogP) is 0.354. The van der Waals surface area contributed by atoms with E-state index in [1.54, 1.807) is 0 Å². The van der Waals surface area contributed by atoms with Crippen molar-refractivity contribution < 1.29 is 4.79 Å². The van der Waals surface area contributed by atoms with E-state index < -0.39 is 0 Å². The van der Waals surface area contributed by atoms with E-state index in [0.29, 0.717) is 18.3 Å². The third-order valence-corrected chi connectivity index (χ3v) is 4.72. The van der Waals surface area contributed by atoms with Crippen LogP contribution in [0, 0.1) is 5.92 Å². The van der Waals surface area contributed by atoms with Crippen molar-refractivity contribution in [3.63, 3.8) is 0 Å². The van der Waals surface area contributed by atoms with Gasteiger partial charge < -0.3 is 15.6 Å². The molecule has 1 aromatic heterocycles. The minimum atomic E-state index is 0.0902. The molecule has 0 bridgehead atoms. The Kier molecular flexibility index (Phi) is 2.95. The molecular weight excluding hydrogens is 268 g/mol. The number of amides is 1. The summed E-state index contributed by atoms with van der Waals surface area (Å²) in [5, 5.41) is 2.98. The van der Waals surface area contributed by atoms with Crippen molar-refractivity contribution in [1.82, 2.24) is 15.3 Å². The molecule has 0 radical (unpaired) electrons. The highest BCUT2D eigenvalue weighted by Gasteiger charge is 2.41. The summed E-state index contributed by atoms with van der Waals surface area (Å²) in [4.78, 5) is 23.3. The Bertz CT molecular complexity index is 573. The second-order valence-electron chi connectivity index (χ2n) is 6.14. The quantitative estimate of drug-likeness (QED) is 0.549. The van der Waals surface area contributed by atoms with E-state index in [2.05, 4.69) is 20.6 Å². The Balaban J connectivity index is 1.68. The smallest absolute Gasteiger partial charge is 0.225 e. The number of nitrogens with one attached hydrogen (secondary N) is 2. The molecule has 7 heteroatoms. The van der Waals surface area contributed by atoms with Crippen LogP contribution in [0.2, 0.25) is 0 Å². The fraction of sp³-hybridized carbons (Fsp3) is 0.643. The van der Waals surface area contributed by atoms with Crippen molar-refractivity contribution in [3.05, 3.63) is 11.9 Å². The van der Waals surface area contributed by atoms with Gasteiger partial charge in [0.1, 0.15) is 17.5 Å². The maximum atomic E-state index is 11.9. The van der Waals surface area contributed by atoms with Crippen LogP contribution in [0.4, 0.5) is 11.6 Å². The molecule has 3 fully saturated rings. The summed E-state index contributed by atoms with van der Waals surface area (Å²) in [5.74, 6) is 8.71. The van der Waals surface area contributed by atoms with Crippen molar-refractivity contribution in [3.8, 4) is 0 Å². The molecule has 1 aliphatic carbocycles. The topological polar surface area (TPSA) is 96.2 Å². The highest BCUT2D eigenvalue weighted by Crippen LogP contribution is 2.40. The minimum absolute atomic E-state index is 0.0902. The van der Waals surface area contributed by atoms with E-state index in [-0.39, 0.29) is 17.9 Å². The van der Waals surface area contributed by atoms with Crippen molar-refractivity contribution in [2.45, 2.75) is 37.6 Å². The van der Waals surface area contributed by atoms with E-state index in [1.807, 2.05) is 6.07 Å². The average Bonchev–Trinajstić information content (AvgIpc) is 3.31. The Morgan fingerprint density at radius 3 is 2.95 bits per heavy atom. The number of fused-ring (bicyclic) bond motifs is 1. The molecule has 0 spiro atoms. The van der Waals surface area contributed by atoms with Crippen molar-refractivity contribution in [2.75, 3.05) is 23.4 Å². The van der Waals surface area contributed by atoms with Crippen molar-refractivity contribution in [2.24, 2.45) is 11.8 Å². The largest absolute Gasteiger partial charge is 0.354 e. The average molecular weight is 288 g/mol. The molecule has 2 atom stereocenters. The SMILES string of the molecule is NNc1cc(N2CCCC3C(=O)NCC32)nc(C2CC2)n1. The number of anilines is 2. The first-order chi connectivity index (χ1) is 10.3. The number of nitrogens with zero attached hydrogens (tertiary/aromatic N) is 3. The van der Waals surface area contributed by atoms with Crippen molar-refractivity contribution in [1.29, 1.82) is 0 Å². The van der Waals surface area contributed by atoms with Crippen LogP contribution in [0.3, 0.4) is 0 Å². The molecule has 1 saturated carbocycles. The van der Waals surface area contributed by atoms with E-state index >= 15 is 0 Å². The number of carbonyl (C=O) groups excluding carboxylic acids is 1. The highest BCUT2D eigenvalue weighted by atomic mass is 16.2. The highest BCUT2D eigenvalue weighted by molar-refractivity contribution is 5.83. The summed E-state index contributed by atoms with van der Waals surface area (Å²) in [5.41, 5.74) is 2.64. The fourth-order valence-corrected chi connectivity index (χ4v) is 3.43. The first-order valence-electron chi connectivity index (χ1n) is 7.66. The summed E-state index contributed by atoms with van der Waals surface area (Å²) in [6.07, 6.45) is 4.29. The monoisotopic (exact) mass is 288 g/mol. The van der Waals surface area contributed by atoms with Gasteiger partial charge in [0.25, 0.3) is 0 Å². The van der Waals surface area contributed by atoms with Gasteiger partial charge in [0.15, 0.2) is 0 Å². The third-order valence-electron chi connectivity index (χ3n) is 4.72. The maximum absolute atomic E-state index is 11.9. The van der Waals surface area contributed by atoms with Gasteiger partial charge in [0.05, 0.1) is 12.0 Å². The molecule has 2 saturated heterocycles. The number of carbonyl (C=O) groups is 1. The molecule has 4 N–H and O–H groups in total. The van der Waals surface area contributed by atoms with Crippen LogP contribution in [0.25, 0.3) is 0 Å². The number of hydrogen-bond donors (Lipinski definition) is 3.